The number of β-amino-alcohol motifs (C(OH)–C–C–N with tert-alkyl or cyclic N) is 1. The predicted molar refractivity (Wildman–Crippen MR) is 145 cm³/mol. The number of aliphatic carboxylic acids is 2. The van der Waals surface area contributed by atoms with E-state index in [9.17, 15) is 42.6 Å². The van der Waals surface area contributed by atoms with Gasteiger partial charge in [-0.15, -0.1) is 0 Å². The second-order valence-electron chi connectivity index (χ2n) is 10.5. The Balaban J connectivity index is 0.000000566. The van der Waals surface area contributed by atoms with E-state index >= 15 is 0 Å². The topological polar surface area (TPSA) is 174 Å². The van der Waals surface area contributed by atoms with Gasteiger partial charge in [0.15, 0.2) is 0 Å². The van der Waals surface area contributed by atoms with Crippen molar-refractivity contribution < 1.29 is 57.2 Å². The second kappa shape index (κ2) is 13.3. The van der Waals surface area contributed by atoms with E-state index in [0.29, 0.717) is 19.4 Å². The molecule has 15 heteroatoms. The van der Waals surface area contributed by atoms with E-state index in [1.54, 1.807) is 0 Å². The summed E-state index contributed by atoms with van der Waals surface area (Å²) in [6.45, 7) is 0.0280. The number of hydrogen-bond donors (Lipinski definition) is 4. The molecule has 236 valence electrons. The smallest absolute Gasteiger partial charge is 0.480 e. The summed E-state index contributed by atoms with van der Waals surface area (Å²) in [5.41, 5.74) is 4.39. The Hall–Kier alpha value is -4.66. The number of fused-ring (bicyclic) bond motifs is 3. The number of carboxylic acids is 2. The summed E-state index contributed by atoms with van der Waals surface area (Å²) in [5.74, 6) is -4.98. The van der Waals surface area contributed by atoms with E-state index in [2.05, 4.69) is 5.32 Å². The van der Waals surface area contributed by atoms with Crippen molar-refractivity contribution in [3.63, 3.8) is 0 Å². The van der Waals surface area contributed by atoms with Gasteiger partial charge in [-0.3, -0.25) is 9.59 Å². The lowest BCUT2D eigenvalue weighted by Crippen LogP contribution is -2.52. The van der Waals surface area contributed by atoms with Gasteiger partial charge in [0.2, 0.25) is 11.8 Å². The van der Waals surface area contributed by atoms with Crippen LogP contribution in [-0.2, 0) is 23.9 Å². The Morgan fingerprint density at radius 2 is 1.48 bits per heavy atom. The summed E-state index contributed by atoms with van der Waals surface area (Å²) in [5, 5.41) is 28.9. The molecule has 2 aromatic rings. The van der Waals surface area contributed by atoms with Gasteiger partial charge in [0.1, 0.15) is 25.2 Å². The second-order valence-corrected chi connectivity index (χ2v) is 10.5. The molecule has 2 aliphatic heterocycles. The maximum Gasteiger partial charge on any atom is 0.490 e. The number of carboxylic acid groups (broad SMARTS) is 2. The average Bonchev–Trinajstić information content (AvgIpc) is 3.70. The van der Waals surface area contributed by atoms with Gasteiger partial charge in [0, 0.05) is 25.4 Å². The van der Waals surface area contributed by atoms with Gasteiger partial charge in [-0.2, -0.15) is 13.2 Å². The number of rotatable bonds is 6. The van der Waals surface area contributed by atoms with Crippen LogP contribution in [0.5, 0.6) is 0 Å². The molecule has 1 aliphatic carbocycles. The number of carbonyl (C=O) groups excluding carboxylic acids is 3. The Labute approximate surface area is 249 Å². The van der Waals surface area contributed by atoms with Crippen LogP contribution < -0.4 is 5.32 Å². The van der Waals surface area contributed by atoms with Gasteiger partial charge in [-0.05, 0) is 35.1 Å². The third-order valence-corrected chi connectivity index (χ3v) is 7.68. The van der Waals surface area contributed by atoms with E-state index in [1.165, 1.54) is 4.90 Å². The summed E-state index contributed by atoms with van der Waals surface area (Å²) in [4.78, 5) is 61.3. The molecule has 5 rings (SSSR count). The summed E-state index contributed by atoms with van der Waals surface area (Å²) in [6, 6.07) is 14.0. The summed E-state index contributed by atoms with van der Waals surface area (Å²) in [7, 11) is 0. The highest BCUT2D eigenvalue weighted by Gasteiger charge is 2.44. The molecule has 12 nitrogen and oxygen atoms in total. The molecule has 0 saturated carbocycles. The number of nitrogens with zero attached hydrogens (tertiary/aromatic N) is 2. The molecule has 0 radical (unpaired) electrons. The monoisotopic (exact) mass is 621 g/mol. The lowest BCUT2D eigenvalue weighted by molar-refractivity contribution is -0.192. The SMILES string of the molecule is O=C(NCC(=O)N1CCC[C@H]1C(=O)N1C[C@H](O)C[C@H]1C(=O)O)OCC1c2ccccc2-c2ccccc21.O=C(O)C(F)(F)F. The third kappa shape index (κ3) is 7.10. The Morgan fingerprint density at radius 1 is 0.909 bits per heavy atom. The molecule has 0 aromatic heterocycles. The van der Waals surface area contributed by atoms with Crippen LogP contribution in [0.25, 0.3) is 11.1 Å². The van der Waals surface area contributed by atoms with Crippen LogP contribution in [0.4, 0.5) is 18.0 Å². The van der Waals surface area contributed by atoms with Crippen molar-refractivity contribution in [1.82, 2.24) is 15.1 Å². The fourth-order valence-corrected chi connectivity index (χ4v) is 5.70. The molecule has 2 saturated heterocycles. The number of benzene rings is 2. The first-order valence-electron chi connectivity index (χ1n) is 13.7. The third-order valence-electron chi connectivity index (χ3n) is 7.68. The average molecular weight is 622 g/mol. The van der Waals surface area contributed by atoms with Gasteiger partial charge in [0.05, 0.1) is 6.10 Å². The van der Waals surface area contributed by atoms with E-state index in [4.69, 9.17) is 14.6 Å². The molecule has 3 aliphatic rings. The molecular weight excluding hydrogens is 591 g/mol. The maximum absolute atomic E-state index is 13.1. The molecular formula is C29H30F3N3O9. The highest BCUT2D eigenvalue weighted by atomic mass is 19.4. The number of alkyl carbamates (subject to hydrolysis) is 1. The van der Waals surface area contributed by atoms with Crippen molar-refractivity contribution in [2.75, 3.05) is 26.2 Å². The highest BCUT2D eigenvalue weighted by molar-refractivity contribution is 5.92. The molecule has 2 aromatic carbocycles. The van der Waals surface area contributed by atoms with Crippen LogP contribution in [0, 0.1) is 0 Å². The molecule has 4 N–H and O–H groups in total. The Morgan fingerprint density at radius 3 is 2.02 bits per heavy atom. The van der Waals surface area contributed by atoms with Gasteiger partial charge in [-0.25, -0.2) is 14.4 Å². The van der Waals surface area contributed by atoms with Gasteiger partial charge in [0.25, 0.3) is 0 Å². The fourth-order valence-electron chi connectivity index (χ4n) is 5.70. The van der Waals surface area contributed by atoms with Crippen molar-refractivity contribution in [2.24, 2.45) is 0 Å². The minimum Gasteiger partial charge on any atom is -0.480 e. The maximum atomic E-state index is 13.1. The number of amides is 3. The molecule has 3 amide bonds. The standard InChI is InChI=1S/C27H29N3O7.C2HF3O2/c31-16-12-23(26(34)35)30(14-16)25(33)22-10-5-11-29(22)24(32)13-28-27(36)37-15-21-19-8-3-1-6-17(19)18-7-2-4-9-20(18)21;3-2(4,5)1(6)7/h1-4,6-9,16,21-23,31H,5,10-15H2,(H,28,36)(H,34,35);(H,6,7)/t16-,22+,23+;/m1./s1. The number of halogens is 3. The lowest BCUT2D eigenvalue weighted by atomic mass is 9.98. The lowest BCUT2D eigenvalue weighted by Gasteiger charge is -2.30. The van der Waals surface area contributed by atoms with Crippen LogP contribution in [0.1, 0.15) is 36.3 Å². The highest BCUT2D eigenvalue weighted by Crippen LogP contribution is 2.44. The van der Waals surface area contributed by atoms with Crippen molar-refractivity contribution >= 4 is 29.8 Å². The number of ether oxygens (including phenoxy) is 1. The zero-order valence-electron chi connectivity index (χ0n) is 23.2. The van der Waals surface area contributed by atoms with Gasteiger partial charge in [-0.1, -0.05) is 48.5 Å². The molecule has 44 heavy (non-hydrogen) atoms. The van der Waals surface area contributed by atoms with E-state index < -0.39 is 54.2 Å². The van der Waals surface area contributed by atoms with E-state index in [-0.39, 0.29) is 32.0 Å². The van der Waals surface area contributed by atoms with Crippen molar-refractivity contribution in [3.05, 3.63) is 59.7 Å². The molecule has 0 unspecified atom stereocenters. The number of alkyl halides is 3. The largest absolute Gasteiger partial charge is 0.490 e. The van der Waals surface area contributed by atoms with E-state index in [0.717, 1.165) is 27.2 Å². The molecule has 0 spiro atoms. The predicted octanol–water partition coefficient (Wildman–Crippen LogP) is 2.20. The summed E-state index contributed by atoms with van der Waals surface area (Å²) >= 11 is 0. The van der Waals surface area contributed by atoms with Crippen molar-refractivity contribution in [1.29, 1.82) is 0 Å². The van der Waals surface area contributed by atoms with Crippen molar-refractivity contribution in [2.45, 2.75) is 49.5 Å². The number of aliphatic hydroxyl groups is 1. The van der Waals surface area contributed by atoms with Crippen LogP contribution >= 0.6 is 0 Å². The summed E-state index contributed by atoms with van der Waals surface area (Å²) < 4.78 is 37.2. The first-order chi connectivity index (χ1) is 20.8. The number of aliphatic hydroxyl groups excluding tert-OH is 1. The fraction of sp³-hybridized carbons (Fsp3) is 0.414. The van der Waals surface area contributed by atoms with Crippen LogP contribution in [0.3, 0.4) is 0 Å². The molecule has 2 fully saturated rings. The van der Waals surface area contributed by atoms with Crippen molar-refractivity contribution in [3.8, 4) is 11.1 Å². The summed E-state index contributed by atoms with van der Waals surface area (Å²) in [6.07, 6.45) is -5.78. The zero-order valence-corrected chi connectivity index (χ0v) is 23.2. The van der Waals surface area contributed by atoms with Crippen LogP contribution in [0.2, 0.25) is 0 Å². The Kier molecular flexibility index (Phi) is 9.77. The van der Waals surface area contributed by atoms with Gasteiger partial charge < -0.3 is 35.2 Å². The van der Waals surface area contributed by atoms with Crippen LogP contribution in [-0.4, -0.2) is 106 Å². The number of nitrogens with one attached hydrogen (secondary N) is 1. The first-order valence-corrected chi connectivity index (χ1v) is 13.7. The zero-order chi connectivity index (χ0) is 32.2. The van der Waals surface area contributed by atoms with E-state index in [1.807, 2.05) is 48.5 Å². The Bertz CT molecular complexity index is 1390. The quantitative estimate of drug-likeness (QED) is 0.377. The minimum absolute atomic E-state index is 0.0366. The number of hydrogen-bond acceptors (Lipinski definition) is 7. The molecule has 0 bridgehead atoms. The molecule has 3 atom stereocenters. The van der Waals surface area contributed by atoms with Crippen LogP contribution in [0.15, 0.2) is 48.5 Å². The van der Waals surface area contributed by atoms with Gasteiger partial charge >= 0.3 is 24.2 Å². The first kappa shape index (κ1) is 32.3. The number of carbonyl (C=O) groups is 5. The normalized spacial score (nSPS) is 20.7. The number of likely N-dealkylation sites (tertiary alicyclic amines) is 2. The minimum atomic E-state index is -5.08. The molecule has 2 heterocycles.